The average molecular weight is 453 g/mol. The van der Waals surface area contributed by atoms with Crippen LogP contribution in [0, 0.1) is 6.92 Å². The quantitative estimate of drug-likeness (QED) is 0.524. The van der Waals surface area contributed by atoms with E-state index in [1.807, 2.05) is 39.0 Å². The molecule has 3 rings (SSSR count). The minimum Gasteiger partial charge on any atom is -0.497 e. The second-order valence-electron chi connectivity index (χ2n) is 7.76. The van der Waals surface area contributed by atoms with Gasteiger partial charge in [-0.05, 0) is 60.4 Å². The first-order chi connectivity index (χ1) is 15.2. The minimum absolute atomic E-state index is 0.113. The number of methoxy groups -OCH3 is 1. The molecule has 0 unspecified atom stereocenters. The van der Waals surface area contributed by atoms with Gasteiger partial charge in [-0.15, -0.1) is 0 Å². The van der Waals surface area contributed by atoms with Gasteiger partial charge in [0, 0.05) is 5.69 Å². The first-order valence-electron chi connectivity index (χ1n) is 10.3. The Balaban J connectivity index is 1.97. The summed E-state index contributed by atoms with van der Waals surface area (Å²) in [6.45, 7) is 5.65. The van der Waals surface area contributed by atoms with Crippen LogP contribution in [-0.4, -0.2) is 28.0 Å². The van der Waals surface area contributed by atoms with E-state index in [0.717, 1.165) is 21.1 Å². The number of aryl methyl sites for hydroxylation is 1. The molecule has 0 aliphatic rings. The highest BCUT2D eigenvalue weighted by Gasteiger charge is 2.27. The Bertz CT molecular complexity index is 1170. The number of carbonyl (C=O) groups excluding carboxylic acids is 1. The van der Waals surface area contributed by atoms with Crippen LogP contribution < -0.4 is 14.4 Å². The molecule has 3 aromatic rings. The van der Waals surface area contributed by atoms with Crippen molar-refractivity contribution in [2.45, 2.75) is 31.6 Å². The molecule has 168 valence electrons. The van der Waals surface area contributed by atoms with E-state index in [4.69, 9.17) is 4.74 Å². The molecule has 0 aliphatic heterocycles. The molecular formula is C25H28N2O4S. The highest BCUT2D eigenvalue weighted by Crippen LogP contribution is 2.29. The molecule has 32 heavy (non-hydrogen) atoms. The molecule has 0 radical (unpaired) electrons. The van der Waals surface area contributed by atoms with Crippen LogP contribution >= 0.6 is 0 Å². The normalized spacial score (nSPS) is 11.3. The number of sulfonamides is 1. The van der Waals surface area contributed by atoms with Crippen LogP contribution in [0.5, 0.6) is 5.75 Å². The second kappa shape index (κ2) is 9.87. The smallest absolute Gasteiger partial charge is 0.264 e. The molecule has 1 N–H and O–H groups in total. The van der Waals surface area contributed by atoms with E-state index in [1.54, 1.807) is 42.5 Å². The van der Waals surface area contributed by atoms with Crippen molar-refractivity contribution < 1.29 is 17.9 Å². The summed E-state index contributed by atoms with van der Waals surface area (Å²) in [4.78, 5) is 13.2. The van der Waals surface area contributed by atoms with Crippen LogP contribution in [-0.2, 0) is 14.8 Å². The molecule has 0 heterocycles. The summed E-state index contributed by atoms with van der Waals surface area (Å²) in [5.41, 5.74) is 3.02. The zero-order valence-electron chi connectivity index (χ0n) is 18.7. The van der Waals surface area contributed by atoms with E-state index in [-0.39, 0.29) is 17.4 Å². The fourth-order valence-electron chi connectivity index (χ4n) is 3.43. The predicted molar refractivity (Wildman–Crippen MR) is 128 cm³/mol. The minimum atomic E-state index is -3.97. The molecular weight excluding hydrogens is 424 g/mol. The lowest BCUT2D eigenvalue weighted by atomic mass is 9.98. The van der Waals surface area contributed by atoms with E-state index in [0.29, 0.717) is 11.4 Å². The Kier molecular flexibility index (Phi) is 7.20. The Morgan fingerprint density at radius 2 is 1.62 bits per heavy atom. The summed E-state index contributed by atoms with van der Waals surface area (Å²) < 4.78 is 33.2. The molecule has 0 spiro atoms. The van der Waals surface area contributed by atoms with Gasteiger partial charge in [-0.3, -0.25) is 9.10 Å². The van der Waals surface area contributed by atoms with Gasteiger partial charge in [0.15, 0.2) is 0 Å². The molecule has 0 fully saturated rings. The number of ether oxygens (including phenoxy) is 1. The van der Waals surface area contributed by atoms with Crippen LogP contribution in [0.15, 0.2) is 77.7 Å². The zero-order chi connectivity index (χ0) is 23.3. The number of benzene rings is 3. The van der Waals surface area contributed by atoms with Crippen molar-refractivity contribution in [2.24, 2.45) is 0 Å². The van der Waals surface area contributed by atoms with Gasteiger partial charge in [0.1, 0.15) is 12.3 Å². The van der Waals surface area contributed by atoms with Crippen molar-refractivity contribution in [3.63, 3.8) is 0 Å². The molecule has 0 aliphatic carbocycles. The van der Waals surface area contributed by atoms with Crippen molar-refractivity contribution in [1.82, 2.24) is 0 Å². The van der Waals surface area contributed by atoms with Gasteiger partial charge in [-0.25, -0.2) is 8.42 Å². The van der Waals surface area contributed by atoms with E-state index in [1.165, 1.54) is 19.2 Å². The number of rotatable bonds is 8. The van der Waals surface area contributed by atoms with Gasteiger partial charge in [0.05, 0.1) is 17.7 Å². The Labute approximate surface area is 189 Å². The van der Waals surface area contributed by atoms with Gasteiger partial charge in [0.25, 0.3) is 10.0 Å². The molecule has 3 aromatic carbocycles. The fraction of sp³-hybridized carbons (Fsp3) is 0.240. The molecule has 6 nitrogen and oxygen atoms in total. The van der Waals surface area contributed by atoms with E-state index < -0.39 is 15.9 Å². The topological polar surface area (TPSA) is 75.7 Å². The molecule has 1 amide bonds. The lowest BCUT2D eigenvalue weighted by Gasteiger charge is -2.25. The van der Waals surface area contributed by atoms with Crippen LogP contribution in [0.3, 0.4) is 0 Å². The van der Waals surface area contributed by atoms with Crippen molar-refractivity contribution in [3.8, 4) is 5.75 Å². The summed E-state index contributed by atoms with van der Waals surface area (Å²) in [6.07, 6.45) is 0. The highest BCUT2D eigenvalue weighted by atomic mass is 32.2. The van der Waals surface area contributed by atoms with Crippen molar-refractivity contribution in [3.05, 3.63) is 83.9 Å². The van der Waals surface area contributed by atoms with Gasteiger partial charge >= 0.3 is 0 Å². The molecule has 7 heteroatoms. The lowest BCUT2D eigenvalue weighted by Crippen LogP contribution is -2.38. The third-order valence-corrected chi connectivity index (χ3v) is 6.96. The summed E-state index contributed by atoms with van der Waals surface area (Å²) in [5.74, 6) is 0.379. The number of hydrogen-bond donors (Lipinski definition) is 1. The third kappa shape index (κ3) is 5.11. The monoisotopic (exact) mass is 452 g/mol. The largest absolute Gasteiger partial charge is 0.497 e. The van der Waals surface area contributed by atoms with E-state index in [9.17, 15) is 13.2 Å². The first kappa shape index (κ1) is 23.3. The van der Waals surface area contributed by atoms with Gasteiger partial charge in [-0.1, -0.05) is 50.2 Å². The number of hydrogen-bond acceptors (Lipinski definition) is 4. The van der Waals surface area contributed by atoms with Crippen molar-refractivity contribution in [2.75, 3.05) is 23.3 Å². The summed E-state index contributed by atoms with van der Waals surface area (Å²) in [7, 11) is -2.43. The number of carbonyl (C=O) groups is 1. The summed E-state index contributed by atoms with van der Waals surface area (Å²) in [6, 6.07) is 20.5. The number of nitrogens with one attached hydrogen (secondary N) is 1. The number of nitrogens with zero attached hydrogens (tertiary/aromatic N) is 1. The zero-order valence-corrected chi connectivity index (χ0v) is 19.5. The number of amides is 1. The molecule has 0 saturated heterocycles. The Morgan fingerprint density at radius 1 is 0.969 bits per heavy atom. The predicted octanol–water partition coefficient (Wildman–Crippen LogP) is 4.96. The molecule has 0 bridgehead atoms. The number of anilines is 2. The van der Waals surface area contributed by atoms with E-state index in [2.05, 4.69) is 5.32 Å². The van der Waals surface area contributed by atoms with Crippen LogP contribution in [0.4, 0.5) is 11.4 Å². The maximum absolute atomic E-state index is 13.4. The van der Waals surface area contributed by atoms with E-state index >= 15 is 0 Å². The summed E-state index contributed by atoms with van der Waals surface area (Å²) >= 11 is 0. The fourth-order valence-corrected chi connectivity index (χ4v) is 4.88. The maximum atomic E-state index is 13.4. The van der Waals surface area contributed by atoms with Crippen molar-refractivity contribution >= 4 is 27.3 Å². The van der Waals surface area contributed by atoms with Gasteiger partial charge in [0.2, 0.25) is 5.91 Å². The average Bonchev–Trinajstić information content (AvgIpc) is 2.79. The lowest BCUT2D eigenvalue weighted by molar-refractivity contribution is -0.114. The van der Waals surface area contributed by atoms with Gasteiger partial charge < -0.3 is 10.1 Å². The van der Waals surface area contributed by atoms with Crippen molar-refractivity contribution in [1.29, 1.82) is 0 Å². The van der Waals surface area contributed by atoms with Crippen LogP contribution in [0.1, 0.15) is 30.9 Å². The summed E-state index contributed by atoms with van der Waals surface area (Å²) in [5, 5.41) is 2.94. The number of para-hydroxylation sites is 1. The molecule has 0 aromatic heterocycles. The van der Waals surface area contributed by atoms with Crippen LogP contribution in [0.25, 0.3) is 0 Å². The SMILES string of the molecule is COc1ccc(N(CC(=O)Nc2c(C)cccc2C(C)C)S(=O)(=O)c2ccccc2)cc1. The first-order valence-corrected chi connectivity index (χ1v) is 11.8. The van der Waals surface area contributed by atoms with Crippen LogP contribution in [0.2, 0.25) is 0 Å². The Hall–Kier alpha value is -3.32. The third-order valence-electron chi connectivity index (χ3n) is 5.17. The highest BCUT2D eigenvalue weighted by molar-refractivity contribution is 7.92. The maximum Gasteiger partial charge on any atom is 0.264 e. The second-order valence-corrected chi connectivity index (χ2v) is 9.63. The Morgan fingerprint density at radius 3 is 2.22 bits per heavy atom. The van der Waals surface area contributed by atoms with Gasteiger partial charge in [-0.2, -0.15) is 0 Å². The standard InChI is InChI=1S/C25H28N2O4S/c1-18(2)23-12-8-9-19(3)25(23)26-24(28)17-27(20-13-15-21(31-4)16-14-20)32(29,30)22-10-6-5-7-11-22/h5-16,18H,17H2,1-4H3,(H,26,28). The molecule has 0 saturated carbocycles. The molecule has 0 atom stereocenters.